The number of rotatable bonds is 6. The van der Waals surface area contributed by atoms with E-state index in [9.17, 15) is 34.8 Å². The second-order valence-corrected chi connectivity index (χ2v) is 10.7. The molecule has 3 aromatic rings. The standard InChI is InChI=1S/C20H17F6N5O2S2/c1-11-7-12(9-13(8-11)29-17-27-6-3-15(30-17)19(21,22)23)14-10-28-16(34-14)18(4-2-5-18)31-35(32,33)20(24,25)26/h3,6-10,31H,2,4-5H2,1H3,(H,27,29,30). The van der Waals surface area contributed by atoms with Crippen molar-refractivity contribution >= 4 is 33.0 Å². The Morgan fingerprint density at radius 3 is 2.37 bits per heavy atom. The summed E-state index contributed by atoms with van der Waals surface area (Å²) in [7, 11) is -5.57. The third-order valence-corrected chi connectivity index (χ3v) is 7.84. The Morgan fingerprint density at radius 2 is 1.77 bits per heavy atom. The van der Waals surface area contributed by atoms with Crippen LogP contribution in [0.5, 0.6) is 0 Å². The van der Waals surface area contributed by atoms with Gasteiger partial charge in [0, 0.05) is 18.1 Å². The summed E-state index contributed by atoms with van der Waals surface area (Å²) in [5, 5.41) is 2.92. The fourth-order valence-electron chi connectivity index (χ4n) is 3.54. The van der Waals surface area contributed by atoms with Gasteiger partial charge in [0.05, 0.1) is 10.4 Å². The molecule has 2 heterocycles. The van der Waals surface area contributed by atoms with Crippen LogP contribution in [0.3, 0.4) is 0 Å². The highest BCUT2D eigenvalue weighted by Crippen LogP contribution is 2.46. The molecule has 0 atom stereocenters. The van der Waals surface area contributed by atoms with Gasteiger partial charge in [-0.1, -0.05) is 6.07 Å². The van der Waals surface area contributed by atoms with Crippen molar-refractivity contribution in [3.63, 3.8) is 0 Å². The van der Waals surface area contributed by atoms with Crippen molar-refractivity contribution in [2.24, 2.45) is 0 Å². The lowest BCUT2D eigenvalue weighted by molar-refractivity contribution is -0.141. The van der Waals surface area contributed by atoms with E-state index in [0.29, 0.717) is 22.5 Å². The number of alkyl halides is 6. The molecule has 188 valence electrons. The largest absolute Gasteiger partial charge is 0.511 e. The predicted molar refractivity (Wildman–Crippen MR) is 116 cm³/mol. The summed E-state index contributed by atoms with van der Waals surface area (Å²) in [6.45, 7) is 1.74. The molecule has 15 heteroatoms. The van der Waals surface area contributed by atoms with E-state index in [1.807, 2.05) is 0 Å². The first-order valence-electron chi connectivity index (χ1n) is 10.0. The minimum Gasteiger partial charge on any atom is -0.324 e. The monoisotopic (exact) mass is 537 g/mol. The third kappa shape index (κ3) is 5.26. The Labute approximate surface area is 199 Å². The molecular weight excluding hydrogens is 520 g/mol. The van der Waals surface area contributed by atoms with Crippen molar-refractivity contribution in [1.82, 2.24) is 19.7 Å². The van der Waals surface area contributed by atoms with Crippen LogP contribution in [0.2, 0.25) is 0 Å². The molecule has 1 fully saturated rings. The maximum Gasteiger partial charge on any atom is 0.511 e. The van der Waals surface area contributed by atoms with Crippen LogP contribution in [0, 0.1) is 6.92 Å². The lowest BCUT2D eigenvalue weighted by Gasteiger charge is -2.40. The Morgan fingerprint density at radius 1 is 1.06 bits per heavy atom. The van der Waals surface area contributed by atoms with Crippen molar-refractivity contribution in [1.29, 1.82) is 0 Å². The maximum atomic E-state index is 12.9. The van der Waals surface area contributed by atoms with Gasteiger partial charge in [0.25, 0.3) is 0 Å². The van der Waals surface area contributed by atoms with Crippen molar-refractivity contribution < 1.29 is 34.8 Å². The SMILES string of the molecule is Cc1cc(Nc2nccc(C(F)(F)F)n2)cc(-c2cnc(C3(NS(=O)(=O)C(F)(F)F)CCC3)s2)c1. The fourth-order valence-corrected chi connectivity index (χ4v) is 5.64. The molecular formula is C20H17F6N5O2S2. The van der Waals surface area contributed by atoms with Gasteiger partial charge < -0.3 is 5.32 Å². The molecule has 2 aromatic heterocycles. The van der Waals surface area contributed by atoms with Crippen LogP contribution in [0.15, 0.2) is 36.7 Å². The Hall–Kier alpha value is -2.78. The minimum atomic E-state index is -5.57. The minimum absolute atomic E-state index is 0.169. The van der Waals surface area contributed by atoms with Gasteiger partial charge in [-0.05, 0) is 55.5 Å². The first-order chi connectivity index (χ1) is 16.2. The van der Waals surface area contributed by atoms with Gasteiger partial charge in [-0.3, -0.25) is 0 Å². The number of hydrogen-bond donors (Lipinski definition) is 2. The summed E-state index contributed by atoms with van der Waals surface area (Å²) in [6.07, 6.45) is -1.37. The van der Waals surface area contributed by atoms with E-state index in [1.165, 1.54) is 6.20 Å². The van der Waals surface area contributed by atoms with E-state index in [2.05, 4.69) is 20.3 Å². The summed E-state index contributed by atoms with van der Waals surface area (Å²) in [4.78, 5) is 12.0. The highest BCUT2D eigenvalue weighted by atomic mass is 32.2. The van der Waals surface area contributed by atoms with Crippen LogP contribution in [0.25, 0.3) is 10.4 Å². The second kappa shape index (κ2) is 8.71. The van der Waals surface area contributed by atoms with Gasteiger partial charge in [0.15, 0.2) is 0 Å². The number of aryl methyl sites for hydroxylation is 1. The van der Waals surface area contributed by atoms with E-state index in [1.54, 1.807) is 29.8 Å². The fraction of sp³-hybridized carbons (Fsp3) is 0.350. The van der Waals surface area contributed by atoms with Gasteiger partial charge in [-0.2, -0.15) is 31.1 Å². The van der Waals surface area contributed by atoms with Crippen LogP contribution in [0.1, 0.15) is 35.5 Å². The number of halogens is 6. The quantitative estimate of drug-likeness (QED) is 0.404. The molecule has 0 bridgehead atoms. The highest BCUT2D eigenvalue weighted by molar-refractivity contribution is 7.90. The Kier molecular flexibility index (Phi) is 6.30. The smallest absolute Gasteiger partial charge is 0.324 e. The van der Waals surface area contributed by atoms with Crippen LogP contribution in [0.4, 0.5) is 38.0 Å². The number of anilines is 2. The highest BCUT2D eigenvalue weighted by Gasteiger charge is 2.53. The molecule has 1 saturated carbocycles. The van der Waals surface area contributed by atoms with Gasteiger partial charge in [-0.25, -0.2) is 23.4 Å². The zero-order valence-electron chi connectivity index (χ0n) is 17.8. The lowest BCUT2D eigenvalue weighted by atomic mass is 9.78. The number of hydrogen-bond acceptors (Lipinski definition) is 7. The summed E-state index contributed by atoms with van der Waals surface area (Å²) in [6, 6.07) is 5.75. The van der Waals surface area contributed by atoms with E-state index in [-0.39, 0.29) is 23.8 Å². The summed E-state index contributed by atoms with van der Waals surface area (Å²) in [5.41, 5.74) is -6.31. The van der Waals surface area contributed by atoms with E-state index in [0.717, 1.165) is 29.2 Å². The van der Waals surface area contributed by atoms with Crippen LogP contribution < -0.4 is 10.0 Å². The summed E-state index contributed by atoms with van der Waals surface area (Å²) in [5.74, 6) is -0.267. The number of nitrogens with zero attached hydrogens (tertiary/aromatic N) is 3. The van der Waals surface area contributed by atoms with Crippen LogP contribution in [-0.4, -0.2) is 28.9 Å². The van der Waals surface area contributed by atoms with Crippen molar-refractivity contribution in [2.45, 2.75) is 43.4 Å². The molecule has 35 heavy (non-hydrogen) atoms. The van der Waals surface area contributed by atoms with Crippen molar-refractivity contribution in [3.8, 4) is 10.4 Å². The van der Waals surface area contributed by atoms with Crippen molar-refractivity contribution in [2.75, 3.05) is 5.32 Å². The van der Waals surface area contributed by atoms with Gasteiger partial charge in [0.2, 0.25) is 5.95 Å². The molecule has 4 rings (SSSR count). The maximum absolute atomic E-state index is 12.9. The predicted octanol–water partition coefficient (Wildman–Crippen LogP) is 5.49. The van der Waals surface area contributed by atoms with Gasteiger partial charge in [0.1, 0.15) is 10.7 Å². The first kappa shape index (κ1) is 25.3. The average molecular weight is 538 g/mol. The Bertz CT molecular complexity index is 1350. The average Bonchev–Trinajstić information content (AvgIpc) is 3.19. The topological polar surface area (TPSA) is 96.9 Å². The zero-order valence-corrected chi connectivity index (χ0v) is 19.5. The normalized spacial score (nSPS) is 16.1. The van der Waals surface area contributed by atoms with Crippen LogP contribution >= 0.6 is 11.3 Å². The molecule has 0 unspecified atom stereocenters. The second-order valence-electron chi connectivity index (χ2n) is 7.99. The zero-order chi connectivity index (χ0) is 25.6. The molecule has 1 aromatic carbocycles. The van der Waals surface area contributed by atoms with E-state index in [4.69, 9.17) is 0 Å². The number of benzene rings is 1. The first-order valence-corrected chi connectivity index (χ1v) is 12.3. The molecule has 1 aliphatic rings. The number of aromatic nitrogens is 3. The number of nitrogens with one attached hydrogen (secondary N) is 2. The molecule has 2 N–H and O–H groups in total. The van der Waals surface area contributed by atoms with E-state index < -0.39 is 32.9 Å². The van der Waals surface area contributed by atoms with Gasteiger partial charge >= 0.3 is 21.7 Å². The van der Waals surface area contributed by atoms with Gasteiger partial charge in [-0.15, -0.1) is 11.3 Å². The van der Waals surface area contributed by atoms with E-state index >= 15 is 0 Å². The molecule has 0 amide bonds. The summed E-state index contributed by atoms with van der Waals surface area (Å²) < 4.78 is 103. The molecule has 0 aliphatic heterocycles. The third-order valence-electron chi connectivity index (χ3n) is 5.32. The molecule has 0 radical (unpaired) electrons. The summed E-state index contributed by atoms with van der Waals surface area (Å²) >= 11 is 1.04. The molecule has 0 saturated heterocycles. The van der Waals surface area contributed by atoms with Crippen LogP contribution in [-0.2, 0) is 21.7 Å². The molecule has 1 aliphatic carbocycles. The number of thiazole rings is 1. The Balaban J connectivity index is 1.62. The lowest BCUT2D eigenvalue weighted by Crippen LogP contribution is -2.54. The molecule has 0 spiro atoms. The molecule has 7 nitrogen and oxygen atoms in total. The van der Waals surface area contributed by atoms with Crippen molar-refractivity contribution in [3.05, 3.63) is 52.9 Å². The number of sulfonamides is 1.